The van der Waals surface area contributed by atoms with Gasteiger partial charge in [-0.05, 0) is 34.5 Å². The van der Waals surface area contributed by atoms with E-state index in [1.54, 1.807) is 12.1 Å². The zero-order chi connectivity index (χ0) is 14.0. The van der Waals surface area contributed by atoms with Crippen LogP contribution in [0.5, 0.6) is 0 Å². The van der Waals surface area contributed by atoms with Gasteiger partial charge in [0, 0.05) is 10.9 Å². The molecule has 2 rings (SSSR count). The Labute approximate surface area is 117 Å². The molecule has 0 bridgehead atoms. The summed E-state index contributed by atoms with van der Waals surface area (Å²) in [6.45, 7) is 0. The molecule has 0 unspecified atom stereocenters. The lowest BCUT2D eigenvalue weighted by atomic mass is 10.1. The third-order valence-corrected chi connectivity index (χ3v) is 3.46. The summed E-state index contributed by atoms with van der Waals surface area (Å²) in [5, 5.41) is 14.1. The van der Waals surface area contributed by atoms with Crippen LogP contribution in [0.25, 0.3) is 0 Å². The minimum Gasteiger partial charge on any atom is -0.478 e. The fraction of sp³-hybridized carbons (Fsp3) is 0.250. The quantitative estimate of drug-likeness (QED) is 0.781. The Morgan fingerprint density at radius 1 is 1.42 bits per heavy atom. The first-order valence-electron chi connectivity index (χ1n) is 5.61. The first-order valence-corrected chi connectivity index (χ1v) is 6.40. The maximum atomic E-state index is 11.9. The van der Waals surface area contributed by atoms with E-state index in [2.05, 4.69) is 26.6 Å². The lowest BCUT2D eigenvalue weighted by molar-refractivity contribution is -0.122. The van der Waals surface area contributed by atoms with Gasteiger partial charge in [-0.25, -0.2) is 4.79 Å². The van der Waals surface area contributed by atoms with E-state index in [-0.39, 0.29) is 17.2 Å². The van der Waals surface area contributed by atoms with Crippen molar-refractivity contribution in [2.75, 3.05) is 5.32 Å². The third kappa shape index (κ3) is 2.93. The number of carboxylic acid groups (broad SMARTS) is 1. The molecule has 1 saturated heterocycles. The predicted molar refractivity (Wildman–Crippen MR) is 70.9 cm³/mol. The molecule has 0 saturated carbocycles. The van der Waals surface area contributed by atoms with E-state index in [1.165, 1.54) is 6.07 Å². The number of benzene rings is 1. The number of carboxylic acids is 1. The first-order chi connectivity index (χ1) is 8.99. The number of nitrogens with one attached hydrogen (secondary N) is 2. The number of rotatable bonds is 3. The van der Waals surface area contributed by atoms with Crippen molar-refractivity contribution in [3.05, 3.63) is 28.2 Å². The molecule has 1 atom stereocenters. The minimum atomic E-state index is -1.13. The van der Waals surface area contributed by atoms with Crippen LogP contribution in [0, 0.1) is 0 Å². The molecule has 1 fully saturated rings. The predicted octanol–water partition coefficient (Wildman–Crippen LogP) is 1.36. The maximum absolute atomic E-state index is 11.9. The van der Waals surface area contributed by atoms with Crippen molar-refractivity contribution >= 4 is 39.4 Å². The van der Waals surface area contributed by atoms with E-state index in [4.69, 9.17) is 5.11 Å². The number of amides is 2. The van der Waals surface area contributed by atoms with Crippen LogP contribution in [0.1, 0.15) is 23.2 Å². The highest BCUT2D eigenvalue weighted by atomic mass is 79.9. The van der Waals surface area contributed by atoms with Crippen LogP contribution in [0.2, 0.25) is 0 Å². The molecule has 2 amide bonds. The van der Waals surface area contributed by atoms with E-state index in [0.717, 1.165) is 0 Å². The SMILES string of the molecule is O=C1CC[C@H](C(=O)Nc2c(Br)cccc2C(=O)O)N1. The monoisotopic (exact) mass is 326 g/mol. The van der Waals surface area contributed by atoms with Crippen molar-refractivity contribution in [1.82, 2.24) is 5.32 Å². The molecule has 1 aliphatic heterocycles. The van der Waals surface area contributed by atoms with Crippen LogP contribution in [-0.4, -0.2) is 28.9 Å². The molecule has 0 radical (unpaired) electrons. The van der Waals surface area contributed by atoms with Crippen molar-refractivity contribution in [3.8, 4) is 0 Å². The molecule has 1 heterocycles. The fourth-order valence-electron chi connectivity index (χ4n) is 1.85. The van der Waals surface area contributed by atoms with E-state index < -0.39 is 17.9 Å². The fourth-order valence-corrected chi connectivity index (χ4v) is 2.32. The smallest absolute Gasteiger partial charge is 0.337 e. The normalized spacial score (nSPS) is 17.9. The number of carbonyl (C=O) groups excluding carboxylic acids is 2. The lowest BCUT2D eigenvalue weighted by Gasteiger charge is -2.14. The molecule has 1 aromatic carbocycles. The molecular formula is C12H11BrN2O4. The van der Waals surface area contributed by atoms with Gasteiger partial charge in [0.15, 0.2) is 0 Å². The molecular weight excluding hydrogens is 316 g/mol. The zero-order valence-electron chi connectivity index (χ0n) is 9.77. The second-order valence-electron chi connectivity index (χ2n) is 4.12. The standard InChI is InChI=1S/C12H11BrN2O4/c13-7-3-1-2-6(12(18)19)10(7)15-11(17)8-4-5-9(16)14-8/h1-3,8H,4-5H2,(H,14,16)(H,15,17)(H,18,19)/t8-/m1/s1. The summed E-state index contributed by atoms with van der Waals surface area (Å²) in [4.78, 5) is 34.1. The molecule has 1 aromatic rings. The molecule has 3 N–H and O–H groups in total. The Morgan fingerprint density at radius 3 is 2.74 bits per heavy atom. The Hall–Kier alpha value is -1.89. The number of hydrogen-bond donors (Lipinski definition) is 3. The van der Waals surface area contributed by atoms with Gasteiger partial charge in [-0.2, -0.15) is 0 Å². The Balaban J connectivity index is 2.21. The van der Waals surface area contributed by atoms with Crippen molar-refractivity contribution < 1.29 is 19.5 Å². The largest absolute Gasteiger partial charge is 0.478 e. The highest BCUT2D eigenvalue weighted by Crippen LogP contribution is 2.27. The molecule has 100 valence electrons. The Kier molecular flexibility index (Phi) is 3.84. The van der Waals surface area contributed by atoms with Crippen LogP contribution in [-0.2, 0) is 9.59 Å². The average Bonchev–Trinajstić information content (AvgIpc) is 2.78. The van der Waals surface area contributed by atoms with Crippen LogP contribution < -0.4 is 10.6 Å². The van der Waals surface area contributed by atoms with E-state index in [9.17, 15) is 14.4 Å². The van der Waals surface area contributed by atoms with Gasteiger partial charge in [-0.3, -0.25) is 9.59 Å². The summed E-state index contributed by atoms with van der Waals surface area (Å²) in [7, 11) is 0. The minimum absolute atomic E-state index is 0.00736. The summed E-state index contributed by atoms with van der Waals surface area (Å²) in [6, 6.07) is 3.99. The summed E-state index contributed by atoms with van der Waals surface area (Å²) < 4.78 is 0.477. The van der Waals surface area contributed by atoms with E-state index in [0.29, 0.717) is 17.3 Å². The number of anilines is 1. The lowest BCUT2D eigenvalue weighted by Crippen LogP contribution is -2.37. The molecule has 0 spiro atoms. The maximum Gasteiger partial charge on any atom is 0.337 e. The number of para-hydroxylation sites is 1. The molecule has 6 nitrogen and oxygen atoms in total. The molecule has 1 aliphatic rings. The zero-order valence-corrected chi connectivity index (χ0v) is 11.4. The van der Waals surface area contributed by atoms with Gasteiger partial charge in [0.2, 0.25) is 11.8 Å². The van der Waals surface area contributed by atoms with Crippen LogP contribution >= 0.6 is 15.9 Å². The number of halogens is 1. The van der Waals surface area contributed by atoms with E-state index >= 15 is 0 Å². The molecule has 0 aliphatic carbocycles. The number of hydrogen-bond acceptors (Lipinski definition) is 3. The number of aromatic carboxylic acids is 1. The van der Waals surface area contributed by atoms with Gasteiger partial charge in [0.1, 0.15) is 6.04 Å². The summed E-state index contributed by atoms with van der Waals surface area (Å²) >= 11 is 3.20. The van der Waals surface area contributed by atoms with Gasteiger partial charge >= 0.3 is 5.97 Å². The second kappa shape index (κ2) is 5.40. The third-order valence-electron chi connectivity index (χ3n) is 2.80. The van der Waals surface area contributed by atoms with Crippen LogP contribution in [0.15, 0.2) is 22.7 Å². The van der Waals surface area contributed by atoms with Crippen molar-refractivity contribution in [2.45, 2.75) is 18.9 Å². The van der Waals surface area contributed by atoms with Crippen molar-refractivity contribution in [3.63, 3.8) is 0 Å². The van der Waals surface area contributed by atoms with Crippen molar-refractivity contribution in [1.29, 1.82) is 0 Å². The van der Waals surface area contributed by atoms with Gasteiger partial charge in [0.05, 0.1) is 11.3 Å². The van der Waals surface area contributed by atoms with Gasteiger partial charge in [-0.1, -0.05) is 6.07 Å². The average molecular weight is 327 g/mol. The first kappa shape index (κ1) is 13.5. The highest BCUT2D eigenvalue weighted by Gasteiger charge is 2.28. The summed E-state index contributed by atoms with van der Waals surface area (Å²) in [5.74, 6) is -1.72. The van der Waals surface area contributed by atoms with Gasteiger partial charge in [0.25, 0.3) is 0 Å². The highest BCUT2D eigenvalue weighted by molar-refractivity contribution is 9.10. The van der Waals surface area contributed by atoms with Gasteiger partial charge in [-0.15, -0.1) is 0 Å². The van der Waals surface area contributed by atoms with Crippen LogP contribution in [0.3, 0.4) is 0 Å². The topological polar surface area (TPSA) is 95.5 Å². The van der Waals surface area contributed by atoms with Crippen LogP contribution in [0.4, 0.5) is 5.69 Å². The van der Waals surface area contributed by atoms with E-state index in [1.807, 2.05) is 0 Å². The molecule has 0 aromatic heterocycles. The van der Waals surface area contributed by atoms with Gasteiger partial charge < -0.3 is 15.7 Å². The van der Waals surface area contributed by atoms with Crippen molar-refractivity contribution in [2.24, 2.45) is 0 Å². The summed E-state index contributed by atoms with van der Waals surface area (Å²) in [6.07, 6.45) is 0.720. The second-order valence-corrected chi connectivity index (χ2v) is 4.97. The summed E-state index contributed by atoms with van der Waals surface area (Å²) in [5.41, 5.74) is 0.188. The number of carbonyl (C=O) groups is 3. The Bertz CT molecular complexity index is 559. The molecule has 19 heavy (non-hydrogen) atoms. The Morgan fingerprint density at radius 2 is 2.16 bits per heavy atom. The molecule has 7 heteroatoms.